The van der Waals surface area contributed by atoms with Crippen LogP contribution in [0.4, 0.5) is 0 Å². The fraction of sp³-hybridized carbons (Fsp3) is 0.588. The average molecular weight is 553 g/mol. The van der Waals surface area contributed by atoms with Crippen LogP contribution in [0.25, 0.3) is 11.1 Å². The Morgan fingerprint density at radius 2 is 0.950 bits per heavy atom. The van der Waals surface area contributed by atoms with E-state index in [2.05, 4.69) is 37.7 Å². The lowest BCUT2D eigenvalue weighted by atomic mass is 9.96. The van der Waals surface area contributed by atoms with E-state index in [9.17, 15) is 9.59 Å². The van der Waals surface area contributed by atoms with Crippen LogP contribution in [0.15, 0.2) is 48.5 Å². The molecule has 2 aromatic rings. The second-order valence-corrected chi connectivity index (χ2v) is 10.9. The Morgan fingerprint density at radius 1 is 0.575 bits per heavy atom. The summed E-state index contributed by atoms with van der Waals surface area (Å²) in [5, 5.41) is 0. The zero-order valence-corrected chi connectivity index (χ0v) is 25.5. The molecule has 0 saturated heterocycles. The maximum absolute atomic E-state index is 12.4. The van der Waals surface area contributed by atoms with Crippen molar-refractivity contribution in [2.45, 2.75) is 91.3 Å². The molecule has 0 radical (unpaired) electrons. The fourth-order valence-corrected chi connectivity index (χ4v) is 4.75. The first-order valence-corrected chi connectivity index (χ1v) is 15.3. The van der Waals surface area contributed by atoms with Crippen LogP contribution < -0.4 is 0 Å². The van der Waals surface area contributed by atoms with Crippen LogP contribution in [0.2, 0.25) is 0 Å². The summed E-state index contributed by atoms with van der Waals surface area (Å²) in [6, 6.07) is 15.9. The molecule has 2 rings (SSSR count). The molecule has 40 heavy (non-hydrogen) atoms. The van der Waals surface area contributed by atoms with Crippen molar-refractivity contribution in [3.05, 3.63) is 59.7 Å². The first-order valence-electron chi connectivity index (χ1n) is 15.3. The van der Waals surface area contributed by atoms with Gasteiger partial charge in [-0.2, -0.15) is 0 Å². The summed E-state index contributed by atoms with van der Waals surface area (Å²) in [6.45, 7) is 8.80. The van der Waals surface area contributed by atoms with Gasteiger partial charge in [0, 0.05) is 12.8 Å². The second-order valence-electron chi connectivity index (χ2n) is 10.9. The monoisotopic (exact) mass is 552 g/mol. The van der Waals surface area contributed by atoms with Gasteiger partial charge in [0.1, 0.15) is 13.2 Å². The van der Waals surface area contributed by atoms with Crippen LogP contribution in [0.1, 0.15) is 89.2 Å². The highest BCUT2D eigenvalue weighted by molar-refractivity contribution is 5.73. The Balaban J connectivity index is 1.85. The van der Waals surface area contributed by atoms with Crippen LogP contribution in [-0.4, -0.2) is 62.0 Å². The molecular formula is C34H52N2O4. The molecule has 0 amide bonds. The minimum Gasteiger partial charge on any atom is -0.461 e. The van der Waals surface area contributed by atoms with Crippen molar-refractivity contribution in [1.82, 2.24) is 9.80 Å². The summed E-state index contributed by atoms with van der Waals surface area (Å²) < 4.78 is 11.3. The predicted molar refractivity (Wildman–Crippen MR) is 164 cm³/mol. The van der Waals surface area contributed by atoms with Gasteiger partial charge in [-0.1, -0.05) is 88.1 Å². The highest BCUT2D eigenvalue weighted by Crippen LogP contribution is 2.28. The van der Waals surface area contributed by atoms with Gasteiger partial charge in [0.2, 0.25) is 0 Å². The van der Waals surface area contributed by atoms with Crippen LogP contribution >= 0.6 is 0 Å². The Labute approximate surface area is 243 Å². The third kappa shape index (κ3) is 13.6. The maximum Gasteiger partial charge on any atom is 0.306 e. The largest absolute Gasteiger partial charge is 0.461 e. The fourth-order valence-electron chi connectivity index (χ4n) is 4.75. The van der Waals surface area contributed by atoms with E-state index < -0.39 is 0 Å². The van der Waals surface area contributed by atoms with Crippen molar-refractivity contribution in [3.63, 3.8) is 0 Å². The minimum atomic E-state index is -0.171. The van der Waals surface area contributed by atoms with E-state index in [0.29, 0.717) is 12.8 Å². The van der Waals surface area contributed by atoms with E-state index in [4.69, 9.17) is 9.47 Å². The molecule has 222 valence electrons. The van der Waals surface area contributed by atoms with Crippen molar-refractivity contribution < 1.29 is 19.1 Å². The summed E-state index contributed by atoms with van der Waals surface area (Å²) in [5.74, 6) is -0.343. The number of carbonyl (C=O) groups is 2. The minimum absolute atomic E-state index is 0.171. The molecule has 6 heteroatoms. The topological polar surface area (TPSA) is 59.1 Å². The Kier molecular flexibility index (Phi) is 16.9. The van der Waals surface area contributed by atoms with E-state index in [-0.39, 0.29) is 25.2 Å². The van der Waals surface area contributed by atoms with Crippen molar-refractivity contribution in [3.8, 4) is 11.1 Å². The molecule has 0 aromatic heterocycles. The number of ether oxygens (including phenoxy) is 2. The zero-order valence-electron chi connectivity index (χ0n) is 25.5. The summed E-state index contributed by atoms with van der Waals surface area (Å²) >= 11 is 0. The molecular weight excluding hydrogens is 500 g/mol. The third-order valence-electron chi connectivity index (χ3n) is 7.23. The van der Waals surface area contributed by atoms with E-state index >= 15 is 0 Å². The number of hydrogen-bond acceptors (Lipinski definition) is 6. The molecule has 0 aliphatic heterocycles. The lowest BCUT2D eigenvalue weighted by Gasteiger charge is -2.17. The third-order valence-corrected chi connectivity index (χ3v) is 7.23. The average Bonchev–Trinajstić information content (AvgIpc) is 2.95. The van der Waals surface area contributed by atoms with Crippen molar-refractivity contribution >= 4 is 11.9 Å². The van der Waals surface area contributed by atoms with Gasteiger partial charge in [0.25, 0.3) is 0 Å². The van der Waals surface area contributed by atoms with E-state index in [0.717, 1.165) is 61.3 Å². The van der Waals surface area contributed by atoms with Crippen LogP contribution in [-0.2, 0) is 32.3 Å². The molecule has 0 bridgehead atoms. The standard InChI is InChI=1S/C34H52N2O4/c1-5-7-13-23-35(3)25-15-21-33(37)39-27-29-17-9-11-19-31(29)32-20-12-10-18-30(32)28-40-34(38)22-16-26-36(4)24-14-8-6-2/h9-12,17-20H,5-8,13-16,21-28H2,1-4H3. The zero-order chi connectivity index (χ0) is 29.0. The van der Waals surface area contributed by atoms with Gasteiger partial charge >= 0.3 is 11.9 Å². The Bertz CT molecular complexity index is 914. The number of benzene rings is 2. The molecule has 0 aliphatic rings. The van der Waals surface area contributed by atoms with Crippen LogP contribution in [0, 0.1) is 0 Å². The van der Waals surface area contributed by atoms with Gasteiger partial charge in [-0.25, -0.2) is 0 Å². The quantitative estimate of drug-likeness (QED) is 0.120. The number of nitrogens with zero attached hydrogens (tertiary/aromatic N) is 2. The second kappa shape index (κ2) is 20.2. The Hall–Kier alpha value is -2.70. The summed E-state index contributed by atoms with van der Waals surface area (Å²) in [7, 11) is 4.22. The first-order chi connectivity index (χ1) is 19.4. The van der Waals surface area contributed by atoms with Gasteiger partial charge < -0.3 is 19.3 Å². The predicted octanol–water partition coefficient (Wildman–Crippen LogP) is 7.24. The van der Waals surface area contributed by atoms with Crippen molar-refractivity contribution in [2.24, 2.45) is 0 Å². The molecule has 0 saturated carbocycles. The molecule has 0 aliphatic carbocycles. The lowest BCUT2D eigenvalue weighted by Crippen LogP contribution is -2.21. The van der Waals surface area contributed by atoms with E-state index in [1.165, 1.54) is 38.5 Å². The molecule has 0 atom stereocenters. The normalized spacial score (nSPS) is 11.2. The first kappa shape index (κ1) is 33.5. The molecule has 0 heterocycles. The molecule has 6 nitrogen and oxygen atoms in total. The number of carbonyl (C=O) groups excluding carboxylic acids is 2. The van der Waals surface area contributed by atoms with Gasteiger partial charge in [-0.15, -0.1) is 0 Å². The highest BCUT2D eigenvalue weighted by Gasteiger charge is 2.13. The van der Waals surface area contributed by atoms with E-state index in [1.807, 2.05) is 48.5 Å². The summed E-state index contributed by atoms with van der Waals surface area (Å²) in [4.78, 5) is 29.5. The van der Waals surface area contributed by atoms with Gasteiger partial charge in [-0.05, 0) is 88.2 Å². The van der Waals surface area contributed by atoms with E-state index in [1.54, 1.807) is 0 Å². The van der Waals surface area contributed by atoms with Crippen molar-refractivity contribution in [1.29, 1.82) is 0 Å². The summed E-state index contributed by atoms with van der Waals surface area (Å²) in [6.07, 6.45) is 9.75. The molecule has 0 N–H and O–H groups in total. The summed E-state index contributed by atoms with van der Waals surface area (Å²) in [5.41, 5.74) is 3.87. The SMILES string of the molecule is CCCCCN(C)CCCC(=O)OCc1ccccc1-c1ccccc1COC(=O)CCCN(C)CCCCC. The number of hydrogen-bond donors (Lipinski definition) is 0. The van der Waals surface area contributed by atoms with Gasteiger partial charge in [0.05, 0.1) is 0 Å². The number of rotatable bonds is 21. The smallest absolute Gasteiger partial charge is 0.306 e. The van der Waals surface area contributed by atoms with Crippen molar-refractivity contribution in [2.75, 3.05) is 40.3 Å². The lowest BCUT2D eigenvalue weighted by molar-refractivity contribution is -0.146. The molecule has 0 fully saturated rings. The van der Waals surface area contributed by atoms with Crippen LogP contribution in [0.3, 0.4) is 0 Å². The number of unbranched alkanes of at least 4 members (excludes halogenated alkanes) is 4. The van der Waals surface area contributed by atoms with Crippen LogP contribution in [0.5, 0.6) is 0 Å². The number of esters is 2. The highest BCUT2D eigenvalue weighted by atomic mass is 16.5. The van der Waals surface area contributed by atoms with Gasteiger partial charge in [-0.3, -0.25) is 9.59 Å². The Morgan fingerprint density at radius 3 is 1.35 bits per heavy atom. The molecule has 0 unspecified atom stereocenters. The molecule has 2 aromatic carbocycles. The van der Waals surface area contributed by atoms with Gasteiger partial charge in [0.15, 0.2) is 0 Å². The molecule has 0 spiro atoms. The maximum atomic E-state index is 12.4.